The number of carbonyl (C=O) groups excluding carboxylic acids is 1. The first-order valence-corrected chi connectivity index (χ1v) is 11.1. The van der Waals surface area contributed by atoms with Crippen LogP contribution >= 0.6 is 0 Å². The van der Waals surface area contributed by atoms with E-state index < -0.39 is 5.97 Å². The van der Waals surface area contributed by atoms with Crippen LogP contribution in [0.1, 0.15) is 43.0 Å². The number of pyridine rings is 1. The highest BCUT2D eigenvalue weighted by Gasteiger charge is 2.12. The Morgan fingerprint density at radius 1 is 0.912 bits per heavy atom. The minimum atomic E-state index is -0.992. The van der Waals surface area contributed by atoms with Gasteiger partial charge in [0.05, 0.1) is 5.56 Å². The van der Waals surface area contributed by atoms with Crippen LogP contribution in [0.25, 0.3) is 10.9 Å². The second-order valence-electron chi connectivity index (χ2n) is 8.46. The Morgan fingerprint density at radius 3 is 2.47 bits per heavy atom. The molecule has 1 amide bonds. The van der Waals surface area contributed by atoms with Gasteiger partial charge in [-0.15, -0.1) is 0 Å². The van der Waals surface area contributed by atoms with Crippen molar-refractivity contribution >= 4 is 28.5 Å². The lowest BCUT2D eigenvalue weighted by Crippen LogP contribution is -2.23. The normalized spacial score (nSPS) is 12.2. The Labute approximate surface area is 195 Å². The maximum atomic E-state index is 12.8. The van der Waals surface area contributed by atoms with E-state index in [0.717, 1.165) is 35.2 Å². The van der Waals surface area contributed by atoms with Crippen molar-refractivity contribution in [2.75, 3.05) is 11.9 Å². The van der Waals surface area contributed by atoms with Crippen molar-refractivity contribution in [1.29, 1.82) is 0 Å². The molecule has 0 aliphatic carbocycles. The molecule has 0 atom stereocenters. The summed E-state index contributed by atoms with van der Waals surface area (Å²) >= 11 is 0. The number of carbonyl (C=O) groups is 2. The highest BCUT2D eigenvalue weighted by Crippen LogP contribution is 2.23. The van der Waals surface area contributed by atoms with Crippen molar-refractivity contribution in [2.45, 2.75) is 19.4 Å². The molecule has 4 aromatic rings. The summed E-state index contributed by atoms with van der Waals surface area (Å²) in [5.41, 5.74) is 6.00. The number of aromatic carboxylic acids is 1. The second-order valence-corrected chi connectivity index (χ2v) is 8.46. The summed E-state index contributed by atoms with van der Waals surface area (Å²) in [5, 5.41) is 16.1. The average Bonchev–Trinajstić information content (AvgIpc) is 3.31. The van der Waals surface area contributed by atoms with Crippen LogP contribution in [0.5, 0.6) is 0 Å². The third kappa shape index (κ3) is 4.41. The van der Waals surface area contributed by atoms with Crippen molar-refractivity contribution in [3.05, 3.63) is 110 Å². The van der Waals surface area contributed by atoms with E-state index >= 15 is 0 Å². The first-order valence-electron chi connectivity index (χ1n) is 11.1. The largest absolute Gasteiger partial charge is 0.478 e. The molecule has 7 nitrogen and oxygen atoms in total. The molecule has 0 bridgehead atoms. The standard InChI is InChI=1S/C27H23N3O4/c31-25(29-15-17-3-7-23-19(12-17)9-10-28-23)20-6-8-24-21(13-20)14-22(26(32)30-24)11-16-1-4-18(5-2-16)27(33)34/h1-8,12-14,28H,9-11,15H2,(H,29,31)(H,30,32)(H,33,34). The van der Waals surface area contributed by atoms with E-state index in [4.69, 9.17) is 5.11 Å². The first-order chi connectivity index (χ1) is 16.5. The number of aromatic nitrogens is 1. The van der Waals surface area contributed by atoms with Crippen LogP contribution in [0.3, 0.4) is 0 Å². The monoisotopic (exact) mass is 453 g/mol. The number of fused-ring (bicyclic) bond motifs is 2. The summed E-state index contributed by atoms with van der Waals surface area (Å²) in [4.78, 5) is 39.2. The van der Waals surface area contributed by atoms with Gasteiger partial charge in [0.15, 0.2) is 0 Å². The second kappa shape index (κ2) is 8.86. The van der Waals surface area contributed by atoms with E-state index in [1.54, 1.807) is 36.4 Å². The van der Waals surface area contributed by atoms with E-state index in [1.165, 1.54) is 17.7 Å². The number of rotatable bonds is 6. The van der Waals surface area contributed by atoms with Crippen molar-refractivity contribution in [3.63, 3.8) is 0 Å². The molecule has 0 unspecified atom stereocenters. The number of benzene rings is 3. The van der Waals surface area contributed by atoms with Crippen LogP contribution in [-0.4, -0.2) is 28.5 Å². The predicted molar refractivity (Wildman–Crippen MR) is 131 cm³/mol. The summed E-state index contributed by atoms with van der Waals surface area (Å²) in [6.45, 7) is 1.38. The Balaban J connectivity index is 1.33. The summed E-state index contributed by atoms with van der Waals surface area (Å²) < 4.78 is 0. The molecule has 5 rings (SSSR count). The van der Waals surface area contributed by atoms with Gasteiger partial charge in [0.2, 0.25) is 0 Å². The lowest BCUT2D eigenvalue weighted by molar-refractivity contribution is 0.0696. The van der Waals surface area contributed by atoms with Gasteiger partial charge in [0.1, 0.15) is 0 Å². The molecule has 3 aromatic carbocycles. The summed E-state index contributed by atoms with van der Waals surface area (Å²) in [6, 6.07) is 19.6. The Morgan fingerprint density at radius 2 is 1.68 bits per heavy atom. The molecule has 0 spiro atoms. The van der Waals surface area contributed by atoms with Crippen molar-refractivity contribution in [1.82, 2.24) is 10.3 Å². The van der Waals surface area contributed by atoms with Gasteiger partial charge in [-0.2, -0.15) is 0 Å². The molecule has 4 N–H and O–H groups in total. The van der Waals surface area contributed by atoms with Crippen LogP contribution < -0.4 is 16.2 Å². The van der Waals surface area contributed by atoms with Gasteiger partial charge in [0.25, 0.3) is 11.5 Å². The number of anilines is 1. The highest BCUT2D eigenvalue weighted by molar-refractivity contribution is 5.98. The van der Waals surface area contributed by atoms with E-state index in [1.807, 2.05) is 12.1 Å². The zero-order valence-electron chi connectivity index (χ0n) is 18.4. The van der Waals surface area contributed by atoms with E-state index in [9.17, 15) is 14.4 Å². The molecule has 1 aromatic heterocycles. The molecule has 1 aliphatic rings. The average molecular weight is 453 g/mol. The third-order valence-electron chi connectivity index (χ3n) is 6.11. The smallest absolute Gasteiger partial charge is 0.335 e. The maximum absolute atomic E-state index is 12.8. The zero-order valence-corrected chi connectivity index (χ0v) is 18.4. The minimum absolute atomic E-state index is 0.183. The van der Waals surface area contributed by atoms with Gasteiger partial charge in [0, 0.05) is 41.8 Å². The van der Waals surface area contributed by atoms with Gasteiger partial charge in [-0.1, -0.05) is 24.3 Å². The van der Waals surface area contributed by atoms with E-state index in [2.05, 4.69) is 21.7 Å². The molecular formula is C27H23N3O4. The predicted octanol–water partition coefficient (Wildman–Crippen LogP) is 3.72. The SMILES string of the molecule is O=C(O)c1ccc(Cc2cc3cc(C(=O)NCc4ccc5c(c4)CCN5)ccc3[nH]c2=O)cc1. The van der Waals surface area contributed by atoms with Crippen LogP contribution in [0.15, 0.2) is 71.5 Å². The number of nitrogens with one attached hydrogen (secondary N) is 3. The summed E-state index contributed by atoms with van der Waals surface area (Å²) in [7, 11) is 0. The Hall–Kier alpha value is -4.39. The van der Waals surface area contributed by atoms with Gasteiger partial charge >= 0.3 is 5.97 Å². The lowest BCUT2D eigenvalue weighted by atomic mass is 10.0. The topological polar surface area (TPSA) is 111 Å². The van der Waals surface area contributed by atoms with Crippen molar-refractivity contribution in [2.24, 2.45) is 0 Å². The number of amides is 1. The Kier molecular flexibility index (Phi) is 5.59. The van der Waals surface area contributed by atoms with Crippen molar-refractivity contribution in [3.8, 4) is 0 Å². The molecule has 34 heavy (non-hydrogen) atoms. The quantitative estimate of drug-likeness (QED) is 0.356. The molecule has 0 saturated heterocycles. The fourth-order valence-corrected chi connectivity index (χ4v) is 4.26. The molecule has 0 saturated carbocycles. The molecule has 7 heteroatoms. The number of carboxylic acid groups (broad SMARTS) is 1. The highest BCUT2D eigenvalue weighted by atomic mass is 16.4. The molecule has 170 valence electrons. The number of aromatic amines is 1. The van der Waals surface area contributed by atoms with E-state index in [0.29, 0.717) is 29.6 Å². The summed E-state index contributed by atoms with van der Waals surface area (Å²) in [6.07, 6.45) is 1.35. The zero-order chi connectivity index (χ0) is 23.7. The first kappa shape index (κ1) is 21.5. The minimum Gasteiger partial charge on any atom is -0.478 e. The fourth-order valence-electron chi connectivity index (χ4n) is 4.26. The molecule has 0 fully saturated rings. The number of H-pyrrole nitrogens is 1. The molecule has 0 radical (unpaired) electrons. The number of hydrogen-bond acceptors (Lipinski definition) is 4. The maximum Gasteiger partial charge on any atom is 0.335 e. The number of carboxylic acids is 1. The number of hydrogen-bond donors (Lipinski definition) is 4. The molecule has 1 aliphatic heterocycles. The molecule has 2 heterocycles. The van der Waals surface area contributed by atoms with Gasteiger partial charge in [-0.25, -0.2) is 4.79 Å². The lowest BCUT2D eigenvalue weighted by Gasteiger charge is -2.09. The van der Waals surface area contributed by atoms with Gasteiger partial charge < -0.3 is 20.7 Å². The van der Waals surface area contributed by atoms with Crippen LogP contribution in [0.4, 0.5) is 5.69 Å². The summed E-state index contributed by atoms with van der Waals surface area (Å²) in [5.74, 6) is -1.17. The third-order valence-corrected chi connectivity index (χ3v) is 6.11. The van der Waals surface area contributed by atoms with Crippen LogP contribution in [0.2, 0.25) is 0 Å². The van der Waals surface area contributed by atoms with E-state index in [-0.39, 0.29) is 17.0 Å². The van der Waals surface area contributed by atoms with Crippen LogP contribution in [-0.2, 0) is 19.4 Å². The Bertz CT molecular complexity index is 1470. The van der Waals surface area contributed by atoms with Gasteiger partial charge in [-0.3, -0.25) is 9.59 Å². The molecular weight excluding hydrogens is 430 g/mol. The fraction of sp³-hybridized carbons (Fsp3) is 0.148. The van der Waals surface area contributed by atoms with Crippen molar-refractivity contribution < 1.29 is 14.7 Å². The van der Waals surface area contributed by atoms with Crippen LogP contribution in [0, 0.1) is 0 Å². The van der Waals surface area contributed by atoms with Gasteiger partial charge in [-0.05, 0) is 71.0 Å².